The lowest BCUT2D eigenvalue weighted by molar-refractivity contribution is -0.169. The Hall–Kier alpha value is -4.17. The molecule has 11 nitrogen and oxygen atoms in total. The van der Waals surface area contributed by atoms with Crippen molar-refractivity contribution in [3.05, 3.63) is 42.0 Å². The van der Waals surface area contributed by atoms with Crippen LogP contribution >= 0.6 is 0 Å². The van der Waals surface area contributed by atoms with Crippen LogP contribution in [0.1, 0.15) is 103 Å². The van der Waals surface area contributed by atoms with Gasteiger partial charge in [-0.1, -0.05) is 75.7 Å². The number of benzene rings is 1. The topological polar surface area (TPSA) is 182 Å². The molecule has 0 aliphatic heterocycles. The number of rotatable bonds is 25. The number of amides is 2. The van der Waals surface area contributed by atoms with E-state index >= 15 is 0 Å². The molecule has 2 amide bonds. The van der Waals surface area contributed by atoms with Gasteiger partial charge < -0.3 is 30.7 Å². The summed E-state index contributed by atoms with van der Waals surface area (Å²) in [5, 5.41) is 23.4. The third-order valence-corrected chi connectivity index (χ3v) is 7.73. The summed E-state index contributed by atoms with van der Waals surface area (Å²) in [6.07, 6.45) is 12.1. The summed E-state index contributed by atoms with van der Waals surface area (Å²) in [6.45, 7) is 4.07. The molecule has 0 heterocycles. The maximum Gasteiger partial charge on any atom is 0.337 e. The maximum absolute atomic E-state index is 13.5. The summed E-state index contributed by atoms with van der Waals surface area (Å²) in [5.41, 5.74) is 3.02. The van der Waals surface area contributed by atoms with Crippen molar-refractivity contribution in [2.75, 3.05) is 13.7 Å². The highest BCUT2D eigenvalue weighted by molar-refractivity contribution is 5.95. The van der Waals surface area contributed by atoms with Crippen LogP contribution in [0.25, 0.3) is 0 Å². The van der Waals surface area contributed by atoms with Crippen molar-refractivity contribution in [3.63, 3.8) is 0 Å². The number of aliphatic hydroxyl groups is 1. The average molecular weight is 657 g/mol. The first-order chi connectivity index (χ1) is 22.5. The summed E-state index contributed by atoms with van der Waals surface area (Å²) in [5.74, 6) is -0.104. The van der Waals surface area contributed by atoms with Gasteiger partial charge in [0, 0.05) is 19.3 Å². The Morgan fingerprint density at radius 3 is 2.15 bits per heavy atom. The lowest BCUT2D eigenvalue weighted by atomic mass is 9.82. The molecule has 1 aromatic rings. The third kappa shape index (κ3) is 16.3. The van der Waals surface area contributed by atoms with Gasteiger partial charge in [0.05, 0.1) is 19.4 Å². The second kappa shape index (κ2) is 23.2. The van der Waals surface area contributed by atoms with Crippen molar-refractivity contribution in [2.45, 2.75) is 115 Å². The van der Waals surface area contributed by atoms with Crippen LogP contribution in [-0.4, -0.2) is 65.1 Å². The standard InChI is InChI=1S/C36H52N2O9/c1-4-6-8-11-14-17-28(39)18-15-12-9-10-13-16-19-30(36(45,35(43)44)26-32(37)40)33(41)38-31(34(42)46-3)25-27-20-22-29(23-21-27)47-24-7-5-2/h16,19-23,30-31,45H,4,6,8-15,17-18,24-26H2,1-3H3,(H2,37,40)(H,38,41)(H,43,44)/t30-,31?,36+/m1/s1. The number of nitrogens with one attached hydrogen (secondary N) is 1. The van der Waals surface area contributed by atoms with Crippen molar-refractivity contribution in [1.82, 2.24) is 5.32 Å². The highest BCUT2D eigenvalue weighted by atomic mass is 16.5. The number of esters is 1. The van der Waals surface area contributed by atoms with E-state index in [0.717, 1.165) is 39.2 Å². The Balaban J connectivity index is 2.89. The van der Waals surface area contributed by atoms with Crippen LogP contribution in [0.5, 0.6) is 5.75 Å². The zero-order valence-electron chi connectivity index (χ0n) is 28.1. The van der Waals surface area contributed by atoms with E-state index in [1.165, 1.54) is 25.3 Å². The molecule has 260 valence electrons. The number of unbranched alkanes of at least 4 members (excludes halogenated alkanes) is 8. The first-order valence-electron chi connectivity index (χ1n) is 16.4. The molecule has 11 heteroatoms. The van der Waals surface area contributed by atoms with Crippen LogP contribution in [0.2, 0.25) is 0 Å². The molecule has 1 rings (SSSR count). The molecule has 0 radical (unpaired) electrons. The van der Waals surface area contributed by atoms with Gasteiger partial charge in [0.25, 0.3) is 0 Å². The number of nitrogens with two attached hydrogens (primary N) is 1. The number of carboxylic acids is 1. The SMILES string of the molecule is CC#CCOc1ccc(CC(NC(=O)[C@@H](C=CCCCCCCC(=O)CCCCCCC)[C@@](O)(CC(N)=O)C(=O)O)C(=O)OC)cc1. The second-order valence-electron chi connectivity index (χ2n) is 11.6. The molecule has 0 spiro atoms. The minimum atomic E-state index is -2.86. The number of Topliss-reactive ketones (excluding diaryl/α,β-unsaturated/α-hetero) is 1. The molecule has 0 aromatic heterocycles. The van der Waals surface area contributed by atoms with Crippen LogP contribution in [0, 0.1) is 17.8 Å². The molecule has 5 N–H and O–H groups in total. The van der Waals surface area contributed by atoms with Crippen molar-refractivity contribution in [1.29, 1.82) is 0 Å². The molecule has 1 aromatic carbocycles. The second-order valence-corrected chi connectivity index (χ2v) is 11.6. The molecule has 0 fully saturated rings. The summed E-state index contributed by atoms with van der Waals surface area (Å²) >= 11 is 0. The monoisotopic (exact) mass is 656 g/mol. The smallest absolute Gasteiger partial charge is 0.337 e. The van der Waals surface area contributed by atoms with Crippen LogP contribution in [0.4, 0.5) is 0 Å². The maximum atomic E-state index is 13.5. The van der Waals surface area contributed by atoms with E-state index < -0.39 is 47.7 Å². The first-order valence-corrected chi connectivity index (χ1v) is 16.4. The quantitative estimate of drug-likeness (QED) is 0.0512. The fourth-order valence-electron chi connectivity index (χ4n) is 5.01. The molecular formula is C36H52N2O9. The Bertz CT molecular complexity index is 1230. The Labute approximate surface area is 278 Å². The van der Waals surface area contributed by atoms with Gasteiger partial charge in [-0.2, -0.15) is 0 Å². The van der Waals surface area contributed by atoms with E-state index in [4.69, 9.17) is 15.2 Å². The molecule has 0 aliphatic rings. The lowest BCUT2D eigenvalue weighted by Crippen LogP contribution is -2.56. The van der Waals surface area contributed by atoms with Gasteiger partial charge in [-0.05, 0) is 50.3 Å². The molecule has 47 heavy (non-hydrogen) atoms. The van der Waals surface area contributed by atoms with Crippen molar-refractivity contribution in [2.24, 2.45) is 11.7 Å². The largest absolute Gasteiger partial charge is 0.481 e. The molecule has 0 saturated carbocycles. The fraction of sp³-hybridized carbons (Fsp3) is 0.583. The highest BCUT2D eigenvalue weighted by Crippen LogP contribution is 2.26. The summed E-state index contributed by atoms with van der Waals surface area (Å²) < 4.78 is 10.4. The number of carboxylic acid groups (broad SMARTS) is 1. The van der Waals surface area contributed by atoms with Gasteiger partial charge in [0.1, 0.15) is 24.2 Å². The van der Waals surface area contributed by atoms with E-state index in [9.17, 15) is 34.2 Å². The summed E-state index contributed by atoms with van der Waals surface area (Å²) in [6, 6.07) is 5.51. The predicted octanol–water partition coefficient (Wildman–Crippen LogP) is 4.42. The molecule has 0 aliphatic carbocycles. The van der Waals surface area contributed by atoms with Gasteiger partial charge in [-0.15, -0.1) is 5.92 Å². The number of allylic oxidation sites excluding steroid dienone is 1. The number of ketones is 1. The van der Waals surface area contributed by atoms with Crippen molar-refractivity contribution in [3.8, 4) is 17.6 Å². The van der Waals surface area contributed by atoms with Gasteiger partial charge >= 0.3 is 11.9 Å². The van der Waals surface area contributed by atoms with Crippen LogP contribution in [-0.2, 0) is 35.1 Å². The van der Waals surface area contributed by atoms with Gasteiger partial charge in [0.2, 0.25) is 11.8 Å². The van der Waals surface area contributed by atoms with Crippen molar-refractivity contribution >= 4 is 29.5 Å². The van der Waals surface area contributed by atoms with Gasteiger partial charge in [-0.25, -0.2) is 9.59 Å². The van der Waals surface area contributed by atoms with Crippen LogP contribution < -0.4 is 15.8 Å². The normalized spacial score (nSPS) is 13.4. The van der Waals surface area contributed by atoms with Crippen LogP contribution in [0.15, 0.2) is 36.4 Å². The number of primary amides is 1. The zero-order chi connectivity index (χ0) is 35.1. The van der Waals surface area contributed by atoms with Gasteiger partial charge in [-0.3, -0.25) is 14.4 Å². The Morgan fingerprint density at radius 1 is 0.979 bits per heavy atom. The van der Waals surface area contributed by atoms with E-state index in [1.807, 2.05) is 0 Å². The lowest BCUT2D eigenvalue weighted by Gasteiger charge is -2.30. The predicted molar refractivity (Wildman–Crippen MR) is 178 cm³/mol. The van der Waals surface area contributed by atoms with E-state index in [0.29, 0.717) is 37.0 Å². The number of hydrogen-bond acceptors (Lipinski definition) is 8. The molecule has 0 bridgehead atoms. The third-order valence-electron chi connectivity index (χ3n) is 7.73. The minimum Gasteiger partial charge on any atom is -0.481 e. The van der Waals surface area contributed by atoms with E-state index in [2.05, 4.69) is 24.1 Å². The van der Waals surface area contributed by atoms with E-state index in [1.54, 1.807) is 37.3 Å². The van der Waals surface area contributed by atoms with Gasteiger partial charge in [0.15, 0.2) is 5.60 Å². The zero-order valence-corrected chi connectivity index (χ0v) is 28.1. The molecule has 1 unspecified atom stereocenters. The average Bonchev–Trinajstić information content (AvgIpc) is 3.03. The number of carbonyl (C=O) groups excluding carboxylic acids is 4. The fourth-order valence-corrected chi connectivity index (χ4v) is 5.01. The number of ether oxygens (including phenoxy) is 2. The van der Waals surface area contributed by atoms with Crippen molar-refractivity contribution < 1.29 is 43.7 Å². The number of methoxy groups -OCH3 is 1. The summed E-state index contributed by atoms with van der Waals surface area (Å²) in [7, 11) is 1.15. The Morgan fingerprint density at radius 2 is 1.60 bits per heavy atom. The number of aliphatic carboxylic acids is 1. The Kier molecular flexibility index (Phi) is 20.2. The number of carbonyl (C=O) groups is 5. The molecular weight excluding hydrogens is 604 g/mol. The molecule has 3 atom stereocenters. The number of hydrogen-bond donors (Lipinski definition) is 4. The summed E-state index contributed by atoms with van der Waals surface area (Å²) in [4.78, 5) is 62.1. The van der Waals surface area contributed by atoms with E-state index in [-0.39, 0.29) is 18.8 Å². The highest BCUT2D eigenvalue weighted by Gasteiger charge is 2.48. The van der Waals surface area contributed by atoms with Crippen LogP contribution in [0.3, 0.4) is 0 Å². The minimum absolute atomic E-state index is 0.00737. The molecule has 0 saturated heterocycles. The first kappa shape index (κ1) is 40.9.